The highest BCUT2D eigenvalue weighted by molar-refractivity contribution is 7.91. The fourth-order valence-electron chi connectivity index (χ4n) is 4.33. The molecule has 0 unspecified atom stereocenters. The molecule has 2 saturated heterocycles. The molecule has 2 fully saturated rings. The van der Waals surface area contributed by atoms with E-state index < -0.39 is 9.84 Å². The number of benzene rings is 2. The lowest BCUT2D eigenvalue weighted by Gasteiger charge is -2.32. The molecule has 0 saturated carbocycles. The average molecular weight is 447 g/mol. The molecule has 2 aromatic carbocycles. The fourth-order valence-corrected chi connectivity index (χ4v) is 5.66. The summed E-state index contributed by atoms with van der Waals surface area (Å²) in [5, 5.41) is 19.4. The summed E-state index contributed by atoms with van der Waals surface area (Å²) in [5.41, 5.74) is 14.8. The first-order valence-corrected chi connectivity index (χ1v) is 12.1. The third-order valence-electron chi connectivity index (χ3n) is 6.23. The highest BCUT2D eigenvalue weighted by atomic mass is 32.2. The topological polar surface area (TPSA) is 133 Å². The Bertz CT molecular complexity index is 966. The number of sulfone groups is 1. The number of hydrogen-bond donors (Lipinski definition) is 4. The predicted molar refractivity (Wildman–Crippen MR) is 122 cm³/mol. The molecular weight excluding hydrogens is 416 g/mol. The van der Waals surface area contributed by atoms with Crippen molar-refractivity contribution in [2.45, 2.75) is 47.7 Å². The van der Waals surface area contributed by atoms with E-state index in [9.17, 15) is 18.6 Å². The summed E-state index contributed by atoms with van der Waals surface area (Å²) in [6.45, 7) is 2.73. The summed E-state index contributed by atoms with van der Waals surface area (Å²) in [6.07, 6.45) is 2.09. The maximum Gasteiger partial charge on any atom is 0.206 e. The maximum absolute atomic E-state index is 13.2. The summed E-state index contributed by atoms with van der Waals surface area (Å²) >= 11 is 0. The summed E-state index contributed by atoms with van der Waals surface area (Å²) in [4.78, 5) is 4.39. The number of nitrogens with zero attached hydrogens (tertiary/aromatic N) is 2. The van der Waals surface area contributed by atoms with Gasteiger partial charge in [0.15, 0.2) is 0 Å². The van der Waals surface area contributed by atoms with Gasteiger partial charge in [0.1, 0.15) is 0 Å². The normalized spacial score (nSPS) is 19.0. The van der Waals surface area contributed by atoms with Gasteiger partial charge < -0.3 is 31.5 Å². The summed E-state index contributed by atoms with van der Waals surface area (Å²) in [7, 11) is -3.77. The summed E-state index contributed by atoms with van der Waals surface area (Å²) in [6, 6.07) is 9.59. The summed E-state index contributed by atoms with van der Waals surface area (Å²) < 4.78 is 26.4. The number of piperidine rings is 2. The summed E-state index contributed by atoms with van der Waals surface area (Å²) in [5.74, 6) is 0. The highest BCUT2D eigenvalue weighted by Gasteiger charge is 2.24. The molecule has 0 amide bonds. The minimum Gasteiger partial charge on any atom is -0.397 e. The Morgan fingerprint density at radius 1 is 0.710 bits per heavy atom. The molecule has 31 heavy (non-hydrogen) atoms. The van der Waals surface area contributed by atoms with Crippen molar-refractivity contribution >= 4 is 32.6 Å². The number of rotatable bonds is 4. The lowest BCUT2D eigenvalue weighted by atomic mass is 10.1. The first-order chi connectivity index (χ1) is 14.8. The Balaban J connectivity index is 1.57. The molecule has 0 radical (unpaired) electrons. The van der Waals surface area contributed by atoms with E-state index in [2.05, 4.69) is 9.80 Å². The standard InChI is InChI=1S/C22H30N4O4S/c23-19-13-17(1-3-21(19)25-9-5-15(27)6-10-25)31(29,30)18-2-4-22(20(24)14-18)26-11-7-16(28)8-12-26/h1-4,13-16,27-28H,5-12,23-24H2. The van der Waals surface area contributed by atoms with E-state index >= 15 is 0 Å². The number of aliphatic hydroxyl groups excluding tert-OH is 2. The molecule has 2 aliphatic heterocycles. The van der Waals surface area contributed by atoms with E-state index in [4.69, 9.17) is 11.5 Å². The van der Waals surface area contributed by atoms with Crippen LogP contribution < -0.4 is 21.3 Å². The van der Waals surface area contributed by atoms with E-state index in [1.54, 1.807) is 24.3 Å². The molecule has 8 nitrogen and oxygen atoms in total. The molecule has 0 bridgehead atoms. The SMILES string of the molecule is Nc1cc(S(=O)(=O)c2ccc(N3CCC(O)CC3)c(N)c2)ccc1N1CCC(O)CC1. The van der Waals surface area contributed by atoms with Gasteiger partial charge in [0.25, 0.3) is 0 Å². The van der Waals surface area contributed by atoms with Gasteiger partial charge in [-0.15, -0.1) is 0 Å². The lowest BCUT2D eigenvalue weighted by molar-refractivity contribution is 0.145. The smallest absolute Gasteiger partial charge is 0.206 e. The molecule has 2 heterocycles. The maximum atomic E-state index is 13.2. The molecule has 6 N–H and O–H groups in total. The molecule has 0 aliphatic carbocycles. The van der Waals surface area contributed by atoms with Crippen molar-refractivity contribution in [1.82, 2.24) is 0 Å². The number of nitrogen functional groups attached to an aromatic ring is 2. The van der Waals surface area contributed by atoms with E-state index in [1.165, 1.54) is 12.1 Å². The van der Waals surface area contributed by atoms with E-state index in [1.807, 2.05) is 0 Å². The Labute approximate surface area is 183 Å². The third-order valence-corrected chi connectivity index (χ3v) is 7.98. The van der Waals surface area contributed by atoms with Gasteiger partial charge in [-0.1, -0.05) is 0 Å². The Morgan fingerprint density at radius 2 is 1.06 bits per heavy atom. The van der Waals surface area contributed by atoms with E-state index in [0.29, 0.717) is 63.2 Å². The zero-order valence-electron chi connectivity index (χ0n) is 17.4. The van der Waals surface area contributed by atoms with Crippen molar-refractivity contribution in [2.75, 3.05) is 47.4 Å². The predicted octanol–water partition coefficient (Wildman–Crippen LogP) is 1.61. The minimum absolute atomic E-state index is 0.124. The van der Waals surface area contributed by atoms with Crippen molar-refractivity contribution in [3.05, 3.63) is 36.4 Å². The molecule has 0 aromatic heterocycles. The number of aliphatic hydroxyl groups is 2. The van der Waals surface area contributed by atoms with Crippen LogP contribution >= 0.6 is 0 Å². The van der Waals surface area contributed by atoms with Gasteiger partial charge in [-0.05, 0) is 62.1 Å². The van der Waals surface area contributed by atoms with Crippen LogP contribution in [0.3, 0.4) is 0 Å². The Kier molecular flexibility index (Phi) is 6.00. The molecule has 2 aliphatic rings. The van der Waals surface area contributed by atoms with Gasteiger partial charge in [0.2, 0.25) is 9.84 Å². The van der Waals surface area contributed by atoms with Crippen LogP contribution in [-0.2, 0) is 9.84 Å². The van der Waals surface area contributed by atoms with Crippen LogP contribution in [0, 0.1) is 0 Å². The zero-order chi connectivity index (χ0) is 22.2. The van der Waals surface area contributed by atoms with Crippen LogP contribution in [0.4, 0.5) is 22.7 Å². The van der Waals surface area contributed by atoms with Gasteiger partial charge in [-0.2, -0.15) is 0 Å². The monoisotopic (exact) mass is 446 g/mol. The molecule has 0 atom stereocenters. The van der Waals surface area contributed by atoms with Crippen LogP contribution in [0.25, 0.3) is 0 Å². The number of hydrogen-bond acceptors (Lipinski definition) is 8. The van der Waals surface area contributed by atoms with Gasteiger partial charge in [0, 0.05) is 26.2 Å². The van der Waals surface area contributed by atoms with Crippen LogP contribution in [-0.4, -0.2) is 57.0 Å². The van der Waals surface area contributed by atoms with Gasteiger partial charge in [-0.3, -0.25) is 0 Å². The first-order valence-electron chi connectivity index (χ1n) is 10.7. The molecule has 168 valence electrons. The van der Waals surface area contributed by atoms with Crippen LogP contribution in [0.5, 0.6) is 0 Å². The van der Waals surface area contributed by atoms with Crippen molar-refractivity contribution in [1.29, 1.82) is 0 Å². The van der Waals surface area contributed by atoms with Crippen LogP contribution in [0.1, 0.15) is 25.7 Å². The quantitative estimate of drug-likeness (QED) is 0.521. The second-order valence-electron chi connectivity index (χ2n) is 8.38. The van der Waals surface area contributed by atoms with Gasteiger partial charge >= 0.3 is 0 Å². The fraction of sp³-hybridized carbons (Fsp3) is 0.455. The molecule has 4 rings (SSSR count). The van der Waals surface area contributed by atoms with Crippen LogP contribution in [0.2, 0.25) is 0 Å². The third kappa shape index (κ3) is 4.44. The van der Waals surface area contributed by atoms with Crippen molar-refractivity contribution in [3.8, 4) is 0 Å². The largest absolute Gasteiger partial charge is 0.397 e. The molecular formula is C22H30N4O4S. The second-order valence-corrected chi connectivity index (χ2v) is 10.3. The number of nitrogens with two attached hydrogens (primary N) is 2. The Hall–Kier alpha value is -2.49. The molecule has 2 aromatic rings. The Morgan fingerprint density at radius 3 is 1.39 bits per heavy atom. The molecule has 9 heteroatoms. The number of anilines is 4. The van der Waals surface area contributed by atoms with Crippen LogP contribution in [0.15, 0.2) is 46.2 Å². The van der Waals surface area contributed by atoms with Crippen molar-refractivity contribution in [2.24, 2.45) is 0 Å². The zero-order valence-corrected chi connectivity index (χ0v) is 18.3. The van der Waals surface area contributed by atoms with Gasteiger partial charge in [0.05, 0.1) is 44.7 Å². The van der Waals surface area contributed by atoms with Crippen molar-refractivity contribution in [3.63, 3.8) is 0 Å². The molecule has 0 spiro atoms. The second kappa shape index (κ2) is 8.57. The minimum atomic E-state index is -3.77. The van der Waals surface area contributed by atoms with Gasteiger partial charge in [-0.25, -0.2) is 8.42 Å². The lowest BCUT2D eigenvalue weighted by Crippen LogP contribution is -2.36. The van der Waals surface area contributed by atoms with E-state index in [0.717, 1.165) is 11.4 Å². The highest BCUT2D eigenvalue weighted by Crippen LogP contribution is 2.34. The van der Waals surface area contributed by atoms with Crippen molar-refractivity contribution < 1.29 is 18.6 Å². The average Bonchev–Trinajstić information content (AvgIpc) is 2.75. The van der Waals surface area contributed by atoms with E-state index in [-0.39, 0.29) is 22.0 Å². The first kappa shape index (κ1) is 21.7.